The van der Waals surface area contributed by atoms with E-state index in [0.717, 1.165) is 19.3 Å². The molecule has 2 aliphatic rings. The van der Waals surface area contributed by atoms with E-state index in [1.54, 1.807) is 48.5 Å². The summed E-state index contributed by atoms with van der Waals surface area (Å²) in [6, 6.07) is 15.6. The minimum Gasteiger partial charge on any atom is -0.299 e. The van der Waals surface area contributed by atoms with Gasteiger partial charge in [0, 0.05) is 5.30 Å². The first kappa shape index (κ1) is 17.2. The normalized spacial score (nSPS) is 21.3. The average molecular weight is 368 g/mol. The van der Waals surface area contributed by atoms with Crippen LogP contribution in [0.15, 0.2) is 54.6 Å². The molecule has 134 valence electrons. The first-order chi connectivity index (χ1) is 12.5. The van der Waals surface area contributed by atoms with E-state index in [-0.39, 0.29) is 11.8 Å². The van der Waals surface area contributed by atoms with Gasteiger partial charge in [-0.3, -0.25) is 24.6 Å². The van der Waals surface area contributed by atoms with Gasteiger partial charge in [-0.15, -0.1) is 0 Å². The van der Waals surface area contributed by atoms with Crippen LogP contribution in [0.25, 0.3) is 0 Å². The maximum atomic E-state index is 14.0. The third kappa shape index (κ3) is 2.31. The molecule has 1 unspecified atom stereocenters. The van der Waals surface area contributed by atoms with Crippen molar-refractivity contribution in [2.24, 2.45) is 5.50 Å². The van der Waals surface area contributed by atoms with Crippen molar-refractivity contribution in [1.29, 1.82) is 0 Å². The molecule has 4 rings (SSSR count). The SMILES string of the molecule is NP(=O)(c1ccccc1)C1(N2C(=O)c3ccccc3C2=O)CCCCC1. The van der Waals surface area contributed by atoms with Crippen LogP contribution in [0.1, 0.15) is 52.8 Å². The molecule has 2 aromatic rings. The number of carbonyl (C=O) groups excluding carboxylic acids is 2. The van der Waals surface area contributed by atoms with Crippen LogP contribution in [-0.4, -0.2) is 22.0 Å². The number of imide groups is 1. The summed E-state index contributed by atoms with van der Waals surface area (Å²) in [5.41, 5.74) is 7.24. The second kappa shape index (κ2) is 6.19. The van der Waals surface area contributed by atoms with Crippen molar-refractivity contribution in [1.82, 2.24) is 4.90 Å². The van der Waals surface area contributed by atoms with Crippen LogP contribution >= 0.6 is 7.29 Å². The summed E-state index contributed by atoms with van der Waals surface area (Å²) in [5.74, 6) is -0.761. The molecule has 0 spiro atoms. The number of hydrogen-bond donors (Lipinski definition) is 1. The molecule has 1 saturated carbocycles. The molecular formula is C20H21N2O3P. The second-order valence-corrected chi connectivity index (χ2v) is 9.69. The third-order valence-corrected chi connectivity index (χ3v) is 8.57. The molecule has 6 heteroatoms. The van der Waals surface area contributed by atoms with E-state index in [1.165, 1.54) is 4.90 Å². The number of fused-ring (bicyclic) bond motifs is 1. The zero-order valence-electron chi connectivity index (χ0n) is 14.4. The Morgan fingerprint density at radius 3 is 1.85 bits per heavy atom. The van der Waals surface area contributed by atoms with Crippen molar-refractivity contribution >= 4 is 24.4 Å². The molecule has 0 bridgehead atoms. The first-order valence-corrected chi connectivity index (χ1v) is 10.7. The lowest BCUT2D eigenvalue weighted by molar-refractivity contribution is 0.0486. The minimum atomic E-state index is -3.52. The van der Waals surface area contributed by atoms with Crippen LogP contribution in [-0.2, 0) is 4.57 Å². The Balaban J connectivity index is 1.88. The van der Waals surface area contributed by atoms with E-state index >= 15 is 0 Å². The highest BCUT2D eigenvalue weighted by atomic mass is 31.2. The highest BCUT2D eigenvalue weighted by Gasteiger charge is 2.58. The monoisotopic (exact) mass is 368 g/mol. The Hall–Kier alpha value is -2.23. The van der Waals surface area contributed by atoms with Crippen molar-refractivity contribution in [3.63, 3.8) is 0 Å². The van der Waals surface area contributed by atoms with Crippen LogP contribution in [0.2, 0.25) is 0 Å². The van der Waals surface area contributed by atoms with Crippen molar-refractivity contribution in [2.75, 3.05) is 0 Å². The molecule has 0 saturated heterocycles. The molecule has 0 radical (unpaired) electrons. The Kier molecular flexibility index (Phi) is 4.09. The molecule has 1 aliphatic carbocycles. The molecule has 1 heterocycles. The summed E-state index contributed by atoms with van der Waals surface area (Å²) in [5, 5.41) is -0.641. The van der Waals surface area contributed by atoms with Gasteiger partial charge >= 0.3 is 0 Å². The van der Waals surface area contributed by atoms with E-state index in [0.29, 0.717) is 29.3 Å². The first-order valence-electron chi connectivity index (χ1n) is 8.91. The van der Waals surface area contributed by atoms with E-state index < -0.39 is 12.6 Å². The van der Waals surface area contributed by atoms with Gasteiger partial charge in [-0.2, -0.15) is 0 Å². The lowest BCUT2D eigenvalue weighted by Gasteiger charge is -2.46. The summed E-state index contributed by atoms with van der Waals surface area (Å²) in [7, 11) is -3.52. The van der Waals surface area contributed by atoms with Crippen LogP contribution in [0, 0.1) is 0 Å². The third-order valence-electron chi connectivity index (χ3n) is 5.62. The summed E-state index contributed by atoms with van der Waals surface area (Å²) >= 11 is 0. The smallest absolute Gasteiger partial charge is 0.262 e. The van der Waals surface area contributed by atoms with E-state index in [9.17, 15) is 14.2 Å². The fourth-order valence-electron chi connectivity index (χ4n) is 4.28. The summed E-state index contributed by atoms with van der Waals surface area (Å²) in [4.78, 5) is 27.5. The largest absolute Gasteiger partial charge is 0.299 e. The lowest BCUT2D eigenvalue weighted by atomic mass is 9.93. The van der Waals surface area contributed by atoms with Crippen molar-refractivity contribution in [2.45, 2.75) is 37.4 Å². The Morgan fingerprint density at radius 2 is 1.31 bits per heavy atom. The highest BCUT2D eigenvalue weighted by molar-refractivity contribution is 7.70. The Labute approximate surface area is 152 Å². The van der Waals surface area contributed by atoms with Gasteiger partial charge in [-0.1, -0.05) is 61.7 Å². The number of hydrogen-bond acceptors (Lipinski definition) is 3. The highest BCUT2D eigenvalue weighted by Crippen LogP contribution is 2.60. The maximum absolute atomic E-state index is 14.0. The number of amides is 2. The molecular weight excluding hydrogens is 347 g/mol. The molecule has 0 aromatic heterocycles. The zero-order valence-corrected chi connectivity index (χ0v) is 15.3. The fraction of sp³-hybridized carbons (Fsp3) is 0.300. The molecule has 2 aromatic carbocycles. The van der Waals surface area contributed by atoms with Crippen LogP contribution < -0.4 is 10.8 Å². The van der Waals surface area contributed by atoms with Gasteiger partial charge in [-0.25, -0.2) is 0 Å². The quantitative estimate of drug-likeness (QED) is 0.664. The van der Waals surface area contributed by atoms with Crippen LogP contribution in [0.3, 0.4) is 0 Å². The van der Waals surface area contributed by atoms with Gasteiger partial charge in [0.1, 0.15) is 5.28 Å². The van der Waals surface area contributed by atoms with E-state index in [2.05, 4.69) is 0 Å². The number of benzene rings is 2. The Bertz CT molecular complexity index is 885. The topological polar surface area (TPSA) is 80.5 Å². The molecule has 1 aliphatic heterocycles. The summed E-state index contributed by atoms with van der Waals surface area (Å²) < 4.78 is 14.0. The van der Waals surface area contributed by atoms with E-state index in [4.69, 9.17) is 5.50 Å². The number of nitrogens with two attached hydrogens (primary N) is 1. The zero-order chi connectivity index (χ0) is 18.4. The maximum Gasteiger partial charge on any atom is 0.262 e. The van der Waals surface area contributed by atoms with Crippen LogP contribution in [0.5, 0.6) is 0 Å². The molecule has 2 amide bonds. The van der Waals surface area contributed by atoms with Crippen molar-refractivity contribution in [3.05, 3.63) is 65.7 Å². The minimum absolute atomic E-state index is 0.371. The van der Waals surface area contributed by atoms with Gasteiger partial charge in [-0.05, 0) is 25.0 Å². The Morgan fingerprint density at radius 1 is 0.808 bits per heavy atom. The van der Waals surface area contributed by atoms with Gasteiger partial charge in [0.2, 0.25) is 0 Å². The van der Waals surface area contributed by atoms with Crippen molar-refractivity contribution in [3.8, 4) is 0 Å². The van der Waals surface area contributed by atoms with Gasteiger partial charge in [0.05, 0.1) is 11.1 Å². The van der Waals surface area contributed by atoms with Gasteiger partial charge in [0.15, 0.2) is 7.29 Å². The average Bonchev–Trinajstić information content (AvgIpc) is 2.94. The van der Waals surface area contributed by atoms with Gasteiger partial charge in [0.25, 0.3) is 11.8 Å². The second-order valence-electron chi connectivity index (χ2n) is 7.03. The molecule has 1 fully saturated rings. The fourth-order valence-corrected chi connectivity index (χ4v) is 6.83. The van der Waals surface area contributed by atoms with Gasteiger partial charge < -0.3 is 0 Å². The molecule has 1 atom stereocenters. The molecule has 5 nitrogen and oxygen atoms in total. The van der Waals surface area contributed by atoms with Crippen LogP contribution in [0.4, 0.5) is 0 Å². The lowest BCUT2D eigenvalue weighted by Crippen LogP contribution is -2.55. The van der Waals surface area contributed by atoms with E-state index in [1.807, 2.05) is 6.07 Å². The molecule has 2 N–H and O–H groups in total. The predicted octanol–water partition coefficient (Wildman–Crippen LogP) is 3.51. The standard InChI is InChI=1S/C20H21N2O3P/c21-26(25,15-9-3-1-4-10-15)20(13-7-2-8-14-20)22-18(23)16-11-5-6-12-17(16)19(22)24/h1,3-6,9-12H,2,7-8,13-14H2,(H2,21,25). The predicted molar refractivity (Wildman–Crippen MR) is 101 cm³/mol. The number of nitrogens with zero attached hydrogens (tertiary/aromatic N) is 1. The molecule has 26 heavy (non-hydrogen) atoms. The summed E-state index contributed by atoms with van der Waals surface area (Å²) in [6.45, 7) is 0. The number of rotatable bonds is 3. The number of carbonyl (C=O) groups is 2. The summed E-state index contributed by atoms with van der Waals surface area (Å²) in [6.07, 6.45) is 3.52. The van der Waals surface area contributed by atoms with Crippen molar-refractivity contribution < 1.29 is 14.2 Å².